The van der Waals surface area contributed by atoms with Crippen molar-refractivity contribution in [1.29, 1.82) is 0 Å². The maximum Gasteiger partial charge on any atom is 0.345 e. The van der Waals surface area contributed by atoms with Crippen molar-refractivity contribution in [1.82, 2.24) is 4.98 Å². The van der Waals surface area contributed by atoms with E-state index in [0.717, 1.165) is 21.1 Å². The van der Waals surface area contributed by atoms with Crippen LogP contribution in [0, 0.1) is 6.92 Å². The van der Waals surface area contributed by atoms with Crippen molar-refractivity contribution in [2.75, 3.05) is 0 Å². The van der Waals surface area contributed by atoms with E-state index in [1.807, 2.05) is 25.1 Å². The first-order valence-electron chi connectivity index (χ1n) is 4.91. The molecule has 3 aromatic rings. The Morgan fingerprint density at radius 3 is 3.00 bits per heavy atom. The van der Waals surface area contributed by atoms with Crippen LogP contribution >= 0.6 is 11.3 Å². The highest BCUT2D eigenvalue weighted by Gasteiger charge is 2.13. The molecule has 0 saturated heterocycles. The summed E-state index contributed by atoms with van der Waals surface area (Å²) in [4.78, 5) is 14.5. The van der Waals surface area contributed by atoms with Crippen molar-refractivity contribution in [3.63, 3.8) is 0 Å². The average Bonchev–Trinajstić information content (AvgIpc) is 2.76. The number of fused-ring (bicyclic) bond motifs is 3. The summed E-state index contributed by atoms with van der Waals surface area (Å²) in [5.41, 5.74) is 3.19. The summed E-state index contributed by atoms with van der Waals surface area (Å²) in [6.07, 6.45) is 0. The van der Waals surface area contributed by atoms with Gasteiger partial charge in [0.15, 0.2) is 0 Å². The molecule has 0 fully saturated rings. The fourth-order valence-electron chi connectivity index (χ4n) is 1.95. The predicted octanol–water partition coefficient (Wildman–Crippen LogP) is 3.39. The number of hydrogen-bond donors (Lipinski definition) is 2. The summed E-state index contributed by atoms with van der Waals surface area (Å²) in [6, 6.07) is 7.75. The van der Waals surface area contributed by atoms with Gasteiger partial charge in [0.1, 0.15) is 4.88 Å². The van der Waals surface area contributed by atoms with E-state index < -0.39 is 5.97 Å². The highest BCUT2D eigenvalue weighted by atomic mass is 32.1. The number of aryl methyl sites for hydroxylation is 1. The summed E-state index contributed by atoms with van der Waals surface area (Å²) in [5, 5.41) is 10.0. The lowest BCUT2D eigenvalue weighted by Crippen LogP contribution is -1.89. The zero-order chi connectivity index (χ0) is 11.3. The van der Waals surface area contributed by atoms with Gasteiger partial charge in [0.2, 0.25) is 0 Å². The number of carboxylic acid groups (broad SMARTS) is 1. The van der Waals surface area contributed by atoms with Crippen molar-refractivity contribution in [3.8, 4) is 0 Å². The first-order valence-corrected chi connectivity index (χ1v) is 5.72. The number of thiophene rings is 1. The van der Waals surface area contributed by atoms with Gasteiger partial charge >= 0.3 is 5.97 Å². The summed E-state index contributed by atoms with van der Waals surface area (Å²) >= 11 is 1.32. The van der Waals surface area contributed by atoms with Gasteiger partial charge < -0.3 is 10.1 Å². The Morgan fingerprint density at radius 2 is 2.25 bits per heavy atom. The van der Waals surface area contributed by atoms with Crippen LogP contribution in [0.2, 0.25) is 0 Å². The molecule has 0 amide bonds. The number of H-pyrrole nitrogens is 1. The third kappa shape index (κ3) is 1.17. The quantitative estimate of drug-likeness (QED) is 0.674. The van der Waals surface area contributed by atoms with Crippen molar-refractivity contribution >= 4 is 38.4 Å². The molecule has 2 heterocycles. The van der Waals surface area contributed by atoms with Crippen LogP contribution in [0.3, 0.4) is 0 Å². The molecule has 0 aliphatic carbocycles. The van der Waals surface area contributed by atoms with Gasteiger partial charge in [-0.1, -0.05) is 18.2 Å². The Labute approximate surface area is 95.3 Å². The topological polar surface area (TPSA) is 53.1 Å². The van der Waals surface area contributed by atoms with Gasteiger partial charge in [-0.05, 0) is 18.6 Å². The van der Waals surface area contributed by atoms with Gasteiger partial charge in [-0.2, -0.15) is 0 Å². The van der Waals surface area contributed by atoms with Gasteiger partial charge in [0.25, 0.3) is 0 Å². The van der Waals surface area contributed by atoms with E-state index >= 15 is 0 Å². The molecule has 0 bridgehead atoms. The van der Waals surface area contributed by atoms with Crippen LogP contribution in [0.1, 0.15) is 15.2 Å². The summed E-state index contributed by atoms with van der Waals surface area (Å²) in [7, 11) is 0. The minimum absolute atomic E-state index is 0.379. The lowest BCUT2D eigenvalue weighted by Gasteiger charge is -1.94. The fraction of sp³-hybridized carbons (Fsp3) is 0.0833. The molecule has 1 aromatic carbocycles. The number of rotatable bonds is 1. The number of hydrogen-bond acceptors (Lipinski definition) is 2. The van der Waals surface area contributed by atoms with Crippen molar-refractivity contribution in [3.05, 3.63) is 34.7 Å². The van der Waals surface area contributed by atoms with E-state index in [0.29, 0.717) is 4.88 Å². The Kier molecular flexibility index (Phi) is 1.82. The fourth-order valence-corrected chi connectivity index (χ4v) is 2.93. The number of para-hydroxylation sites is 1. The first kappa shape index (κ1) is 9.42. The van der Waals surface area contributed by atoms with Crippen LogP contribution in [0.25, 0.3) is 21.1 Å². The molecule has 2 aromatic heterocycles. The zero-order valence-corrected chi connectivity index (χ0v) is 9.39. The molecule has 2 N–H and O–H groups in total. The maximum atomic E-state index is 10.9. The Hall–Kier alpha value is -1.81. The second-order valence-corrected chi connectivity index (χ2v) is 4.83. The molecule has 4 heteroatoms. The number of carboxylic acids is 1. The van der Waals surface area contributed by atoms with E-state index in [1.165, 1.54) is 16.9 Å². The molecule has 80 valence electrons. The van der Waals surface area contributed by atoms with Crippen LogP contribution in [0.4, 0.5) is 0 Å². The smallest absolute Gasteiger partial charge is 0.345 e. The van der Waals surface area contributed by atoms with Gasteiger partial charge in [-0.25, -0.2) is 4.79 Å². The molecule has 3 nitrogen and oxygen atoms in total. The van der Waals surface area contributed by atoms with Crippen LogP contribution in [-0.2, 0) is 0 Å². The third-order valence-corrected chi connectivity index (χ3v) is 3.88. The number of aromatic amines is 1. The van der Waals surface area contributed by atoms with Crippen molar-refractivity contribution < 1.29 is 9.90 Å². The van der Waals surface area contributed by atoms with Crippen molar-refractivity contribution in [2.24, 2.45) is 0 Å². The van der Waals surface area contributed by atoms with E-state index in [2.05, 4.69) is 4.98 Å². The molecule has 3 rings (SSSR count). The minimum Gasteiger partial charge on any atom is -0.477 e. The molecule has 0 spiro atoms. The van der Waals surface area contributed by atoms with Gasteiger partial charge in [-0.3, -0.25) is 0 Å². The molecule has 16 heavy (non-hydrogen) atoms. The Balaban J connectivity index is 2.43. The standard InChI is InChI=1S/C12H9NO2S/c1-6-3-2-4-7-10(6)13-8-5-9(12(14)15)16-11(7)8/h2-5,13H,1H3,(H,14,15). The molecule has 0 aliphatic heterocycles. The zero-order valence-electron chi connectivity index (χ0n) is 8.57. The number of aromatic carboxylic acids is 1. The van der Waals surface area contributed by atoms with Crippen LogP contribution in [0.5, 0.6) is 0 Å². The number of benzene rings is 1. The van der Waals surface area contributed by atoms with E-state index in [9.17, 15) is 4.79 Å². The summed E-state index contributed by atoms with van der Waals surface area (Å²) < 4.78 is 1.02. The monoisotopic (exact) mass is 231 g/mol. The van der Waals surface area contributed by atoms with Crippen LogP contribution < -0.4 is 0 Å². The largest absolute Gasteiger partial charge is 0.477 e. The van der Waals surface area contributed by atoms with Gasteiger partial charge in [0.05, 0.1) is 15.7 Å². The number of nitrogens with one attached hydrogen (secondary N) is 1. The van der Waals surface area contributed by atoms with E-state index in [4.69, 9.17) is 5.11 Å². The normalized spacial score (nSPS) is 11.3. The van der Waals surface area contributed by atoms with E-state index in [1.54, 1.807) is 6.07 Å². The highest BCUT2D eigenvalue weighted by molar-refractivity contribution is 7.21. The number of aromatic nitrogens is 1. The molecular formula is C12H9NO2S. The summed E-state index contributed by atoms with van der Waals surface area (Å²) in [5.74, 6) is -0.865. The lowest BCUT2D eigenvalue weighted by atomic mass is 10.2. The Bertz CT molecular complexity index is 708. The molecule has 0 aliphatic rings. The van der Waals surface area contributed by atoms with Crippen molar-refractivity contribution in [2.45, 2.75) is 6.92 Å². The summed E-state index contributed by atoms with van der Waals surface area (Å²) in [6.45, 7) is 2.04. The van der Waals surface area contributed by atoms with Crippen LogP contribution in [-0.4, -0.2) is 16.1 Å². The maximum absolute atomic E-state index is 10.9. The average molecular weight is 231 g/mol. The minimum atomic E-state index is -0.865. The SMILES string of the molecule is Cc1cccc2c1[nH]c1cc(C(=O)O)sc12. The van der Waals surface area contributed by atoms with E-state index in [-0.39, 0.29) is 0 Å². The molecule has 0 atom stereocenters. The van der Waals surface area contributed by atoms with Gasteiger partial charge in [-0.15, -0.1) is 11.3 Å². The second kappa shape index (κ2) is 3.09. The number of carbonyl (C=O) groups is 1. The molecule has 0 radical (unpaired) electrons. The predicted molar refractivity (Wildman–Crippen MR) is 65.4 cm³/mol. The highest BCUT2D eigenvalue weighted by Crippen LogP contribution is 2.33. The van der Waals surface area contributed by atoms with Crippen LogP contribution in [0.15, 0.2) is 24.3 Å². The molecule has 0 saturated carbocycles. The van der Waals surface area contributed by atoms with Gasteiger partial charge in [0, 0.05) is 5.39 Å². The third-order valence-electron chi connectivity index (χ3n) is 2.72. The lowest BCUT2D eigenvalue weighted by molar-refractivity contribution is 0.0702. The first-order chi connectivity index (χ1) is 7.66. The Morgan fingerprint density at radius 1 is 1.44 bits per heavy atom. The molecular weight excluding hydrogens is 222 g/mol. The second-order valence-electron chi connectivity index (χ2n) is 3.78. The molecule has 0 unspecified atom stereocenters.